The Hall–Kier alpha value is -1.05. The number of carbonyl (C=O) groups excluding carboxylic acids is 1. The van der Waals surface area contributed by atoms with Gasteiger partial charge in [-0.25, -0.2) is 0 Å². The van der Waals surface area contributed by atoms with E-state index in [4.69, 9.17) is 0 Å². The molecule has 0 aromatic heterocycles. The largest absolute Gasteiger partial charge is 0.351 e. The van der Waals surface area contributed by atoms with Gasteiger partial charge in [-0.3, -0.25) is 4.79 Å². The van der Waals surface area contributed by atoms with Crippen molar-refractivity contribution in [2.45, 2.75) is 72.3 Å². The minimum absolute atomic E-state index is 0.0744. The van der Waals surface area contributed by atoms with Crippen molar-refractivity contribution < 1.29 is 4.79 Å². The first-order valence-corrected chi connectivity index (χ1v) is 7.41. The van der Waals surface area contributed by atoms with Crippen LogP contribution in [0.3, 0.4) is 0 Å². The molecule has 108 valence electrons. The number of carbonyl (C=O) groups is 1. The van der Waals surface area contributed by atoms with E-state index in [0.717, 1.165) is 19.3 Å². The Kier molecular flexibility index (Phi) is 5.84. The second kappa shape index (κ2) is 6.93. The van der Waals surface area contributed by atoms with E-state index in [1.54, 1.807) is 6.92 Å². The first-order valence-electron chi connectivity index (χ1n) is 7.41. The summed E-state index contributed by atoms with van der Waals surface area (Å²) in [5, 5.41) is 3.22. The van der Waals surface area contributed by atoms with Crippen molar-refractivity contribution in [1.82, 2.24) is 5.32 Å². The first-order chi connectivity index (χ1) is 8.83. The minimum Gasteiger partial charge on any atom is -0.351 e. The molecule has 0 saturated heterocycles. The third-order valence-corrected chi connectivity index (χ3v) is 4.22. The molecule has 2 atom stereocenters. The van der Waals surface area contributed by atoms with Gasteiger partial charge in [-0.2, -0.15) is 0 Å². The number of rotatable bonds is 5. The van der Waals surface area contributed by atoms with Crippen LogP contribution in [0.5, 0.6) is 0 Å². The zero-order chi connectivity index (χ0) is 14.5. The van der Waals surface area contributed by atoms with Crippen molar-refractivity contribution in [3.8, 4) is 0 Å². The van der Waals surface area contributed by atoms with E-state index in [-0.39, 0.29) is 11.4 Å². The quantitative estimate of drug-likeness (QED) is 0.733. The lowest BCUT2D eigenvalue weighted by molar-refractivity contribution is -0.121. The van der Waals surface area contributed by atoms with Gasteiger partial charge in [0.25, 0.3) is 0 Å². The summed E-state index contributed by atoms with van der Waals surface area (Å²) in [7, 11) is 0. The smallest absolute Gasteiger partial charge is 0.217 e. The molecule has 0 radical (unpaired) electrons. The maximum atomic E-state index is 11.5. The lowest BCUT2D eigenvalue weighted by Crippen LogP contribution is -2.51. The maximum Gasteiger partial charge on any atom is 0.217 e. The number of allylic oxidation sites excluding steroid dienone is 4. The summed E-state index contributed by atoms with van der Waals surface area (Å²) in [6, 6.07) is 0. The summed E-state index contributed by atoms with van der Waals surface area (Å²) in [5.41, 5.74) is 2.77. The van der Waals surface area contributed by atoms with Crippen LogP contribution in [-0.2, 0) is 4.79 Å². The molecule has 1 unspecified atom stereocenters. The third-order valence-electron chi connectivity index (χ3n) is 4.22. The lowest BCUT2D eigenvalue weighted by atomic mass is 9.74. The summed E-state index contributed by atoms with van der Waals surface area (Å²) in [6.07, 6.45) is 10.1. The van der Waals surface area contributed by atoms with Crippen molar-refractivity contribution in [2.75, 3.05) is 0 Å². The van der Waals surface area contributed by atoms with Crippen LogP contribution in [0.1, 0.15) is 66.7 Å². The second-order valence-electron chi connectivity index (χ2n) is 6.44. The average Bonchev–Trinajstić information content (AvgIpc) is 2.28. The highest BCUT2D eigenvalue weighted by Gasteiger charge is 2.34. The topological polar surface area (TPSA) is 29.1 Å². The molecule has 0 heterocycles. The molecule has 1 aliphatic carbocycles. The van der Waals surface area contributed by atoms with E-state index in [1.165, 1.54) is 24.0 Å². The fourth-order valence-corrected chi connectivity index (χ4v) is 2.98. The van der Waals surface area contributed by atoms with E-state index >= 15 is 0 Å². The van der Waals surface area contributed by atoms with Crippen LogP contribution in [-0.4, -0.2) is 11.4 Å². The van der Waals surface area contributed by atoms with Gasteiger partial charge in [0.15, 0.2) is 0 Å². The van der Waals surface area contributed by atoms with E-state index in [9.17, 15) is 4.79 Å². The normalized spacial score (nSPS) is 22.2. The second-order valence-corrected chi connectivity index (χ2v) is 6.44. The van der Waals surface area contributed by atoms with Gasteiger partial charge >= 0.3 is 0 Å². The van der Waals surface area contributed by atoms with Crippen LogP contribution in [0.2, 0.25) is 0 Å². The molecule has 19 heavy (non-hydrogen) atoms. The van der Waals surface area contributed by atoms with Gasteiger partial charge in [0, 0.05) is 12.5 Å². The molecule has 0 bridgehead atoms. The molecule has 0 aromatic carbocycles. The molecule has 0 fully saturated rings. The summed E-state index contributed by atoms with van der Waals surface area (Å²) >= 11 is 0. The summed E-state index contributed by atoms with van der Waals surface area (Å²) in [6.45, 7) is 10.3. The summed E-state index contributed by atoms with van der Waals surface area (Å²) in [5.74, 6) is 0.650. The van der Waals surface area contributed by atoms with Gasteiger partial charge in [0.05, 0.1) is 0 Å². The van der Waals surface area contributed by atoms with Gasteiger partial charge in [0.1, 0.15) is 0 Å². The fraction of sp³-hybridized carbons (Fsp3) is 0.706. The van der Waals surface area contributed by atoms with E-state index < -0.39 is 0 Å². The maximum absolute atomic E-state index is 11.5. The molecule has 0 aromatic rings. The van der Waals surface area contributed by atoms with Gasteiger partial charge < -0.3 is 5.32 Å². The van der Waals surface area contributed by atoms with Crippen molar-refractivity contribution in [1.29, 1.82) is 0 Å². The Morgan fingerprint density at radius 2 is 2.16 bits per heavy atom. The Morgan fingerprint density at radius 1 is 1.47 bits per heavy atom. The number of nitrogens with one attached hydrogen (secondary N) is 1. The summed E-state index contributed by atoms with van der Waals surface area (Å²) < 4.78 is 0. The van der Waals surface area contributed by atoms with Crippen molar-refractivity contribution in [3.05, 3.63) is 23.3 Å². The molecule has 1 aliphatic rings. The number of hydrogen-bond donors (Lipinski definition) is 1. The number of amides is 1. The zero-order valence-electron chi connectivity index (χ0n) is 13.2. The predicted molar refractivity (Wildman–Crippen MR) is 82.0 cm³/mol. The van der Waals surface area contributed by atoms with Crippen LogP contribution < -0.4 is 5.32 Å². The van der Waals surface area contributed by atoms with Gasteiger partial charge in [0.2, 0.25) is 5.91 Å². The van der Waals surface area contributed by atoms with Crippen LogP contribution in [0.4, 0.5) is 0 Å². The minimum atomic E-state index is -0.0744. The Labute approximate surface area is 118 Å². The Balaban J connectivity index is 2.74. The fourth-order valence-electron chi connectivity index (χ4n) is 2.98. The average molecular weight is 263 g/mol. The molecule has 0 spiro atoms. The summed E-state index contributed by atoms with van der Waals surface area (Å²) in [4.78, 5) is 11.5. The molecule has 1 N–H and O–H groups in total. The molecule has 0 aliphatic heterocycles. The third kappa shape index (κ3) is 5.22. The lowest BCUT2D eigenvalue weighted by Gasteiger charge is -2.40. The van der Waals surface area contributed by atoms with Crippen LogP contribution in [0.15, 0.2) is 23.3 Å². The first kappa shape index (κ1) is 16.0. The van der Waals surface area contributed by atoms with Gasteiger partial charge in [-0.1, -0.05) is 23.3 Å². The highest BCUT2D eigenvalue weighted by atomic mass is 16.1. The number of hydrogen-bond acceptors (Lipinski definition) is 1. The van der Waals surface area contributed by atoms with Crippen molar-refractivity contribution in [3.63, 3.8) is 0 Å². The molecule has 1 rings (SSSR count). The molecule has 2 nitrogen and oxygen atoms in total. The van der Waals surface area contributed by atoms with Crippen LogP contribution in [0.25, 0.3) is 0 Å². The van der Waals surface area contributed by atoms with Crippen LogP contribution >= 0.6 is 0 Å². The standard InChI is InChI=1S/C17H29NO/c1-13(2)7-6-12-17(5,18-15(4)19)16-10-8-14(3)9-11-16/h7-8,16H,6,9-12H2,1-5H3,(H,18,19)/t16-,17?/m0/s1. The highest BCUT2D eigenvalue weighted by molar-refractivity contribution is 5.73. The van der Waals surface area contributed by atoms with E-state index in [1.807, 2.05) is 0 Å². The van der Waals surface area contributed by atoms with Crippen LogP contribution in [0, 0.1) is 5.92 Å². The molecule has 1 amide bonds. The van der Waals surface area contributed by atoms with Gasteiger partial charge in [-0.15, -0.1) is 0 Å². The highest BCUT2D eigenvalue weighted by Crippen LogP contribution is 2.35. The SMILES string of the molecule is CC(=O)NC(C)(CCC=C(C)C)[C@H]1CC=C(C)CC1. The monoisotopic (exact) mass is 263 g/mol. The molecule has 0 saturated carbocycles. The van der Waals surface area contributed by atoms with E-state index in [2.05, 4.69) is 45.2 Å². The van der Waals surface area contributed by atoms with Gasteiger partial charge in [-0.05, 0) is 65.7 Å². The van der Waals surface area contributed by atoms with Crippen molar-refractivity contribution in [2.24, 2.45) is 5.92 Å². The van der Waals surface area contributed by atoms with Crippen molar-refractivity contribution >= 4 is 5.91 Å². The molecular weight excluding hydrogens is 234 g/mol. The molecule has 2 heteroatoms. The molecular formula is C17H29NO. The predicted octanol–water partition coefficient (Wildman–Crippen LogP) is 4.37. The zero-order valence-corrected chi connectivity index (χ0v) is 13.2. The van der Waals surface area contributed by atoms with E-state index in [0.29, 0.717) is 5.92 Å². The Morgan fingerprint density at radius 3 is 2.63 bits per heavy atom. The Bertz CT molecular complexity index is 377.